The van der Waals surface area contributed by atoms with E-state index in [4.69, 9.17) is 4.74 Å². The normalized spacial score (nSPS) is 15.1. The summed E-state index contributed by atoms with van der Waals surface area (Å²) in [6.45, 7) is 7.95. The summed E-state index contributed by atoms with van der Waals surface area (Å²) in [6, 6.07) is 0. The molecule has 5 heteroatoms. The molecule has 0 heterocycles. The molecule has 1 atom stereocenters. The van der Waals surface area contributed by atoms with Crippen LogP contribution in [0.4, 0.5) is 0 Å². The zero-order valence-corrected chi connectivity index (χ0v) is 12.9. The number of hydrogen-bond donors (Lipinski definition) is 1. The van der Waals surface area contributed by atoms with E-state index in [2.05, 4.69) is 0 Å². The summed E-state index contributed by atoms with van der Waals surface area (Å²) in [7, 11) is 3.80. The highest BCUT2D eigenvalue weighted by Crippen LogP contribution is 2.37. The predicted octanol–water partition coefficient (Wildman–Crippen LogP) is 2.01. The summed E-state index contributed by atoms with van der Waals surface area (Å²) >= 11 is 0. The first-order valence-corrected chi connectivity index (χ1v) is 6.60. The molecule has 0 aliphatic rings. The van der Waals surface area contributed by atoms with E-state index in [-0.39, 0.29) is 12.4 Å². The first kappa shape index (κ1) is 17.9. The van der Waals surface area contributed by atoms with Gasteiger partial charge in [0.05, 0.1) is 10.8 Å². The monoisotopic (exact) mass is 273 g/mol. The third-order valence-corrected chi connectivity index (χ3v) is 3.45. The topological polar surface area (TPSA) is 66.8 Å². The van der Waals surface area contributed by atoms with Crippen LogP contribution in [0.3, 0.4) is 0 Å². The standard InChI is InChI=1S/C14H27NO4/c1-7-14(4,11(16)17)10-13(2,3)12(18)19-9-8-15(5)6/h7-10H2,1-6H3,(H,16,17). The quantitative estimate of drug-likeness (QED) is 0.685. The summed E-state index contributed by atoms with van der Waals surface area (Å²) in [5.41, 5.74) is -1.69. The van der Waals surface area contributed by atoms with Crippen molar-refractivity contribution in [3.63, 3.8) is 0 Å². The zero-order chi connectivity index (χ0) is 15.3. The van der Waals surface area contributed by atoms with E-state index in [0.29, 0.717) is 19.6 Å². The smallest absolute Gasteiger partial charge is 0.311 e. The van der Waals surface area contributed by atoms with Crippen molar-refractivity contribution in [3.8, 4) is 0 Å². The van der Waals surface area contributed by atoms with Gasteiger partial charge in [0.15, 0.2) is 0 Å². The fourth-order valence-corrected chi connectivity index (χ4v) is 1.92. The van der Waals surface area contributed by atoms with Crippen molar-refractivity contribution >= 4 is 11.9 Å². The molecule has 5 nitrogen and oxygen atoms in total. The zero-order valence-electron chi connectivity index (χ0n) is 12.9. The highest BCUT2D eigenvalue weighted by Gasteiger charge is 2.41. The van der Waals surface area contributed by atoms with Crippen LogP contribution in [0.1, 0.15) is 40.5 Å². The molecule has 0 fully saturated rings. The fourth-order valence-electron chi connectivity index (χ4n) is 1.92. The minimum absolute atomic E-state index is 0.270. The lowest BCUT2D eigenvalue weighted by molar-refractivity contribution is -0.160. The van der Waals surface area contributed by atoms with E-state index >= 15 is 0 Å². The van der Waals surface area contributed by atoms with Crippen LogP contribution in [0, 0.1) is 10.8 Å². The number of carbonyl (C=O) groups is 2. The summed E-state index contributed by atoms with van der Waals surface area (Å²) in [4.78, 5) is 25.3. The molecule has 0 amide bonds. The van der Waals surface area contributed by atoms with E-state index in [1.807, 2.05) is 25.9 Å². The highest BCUT2D eigenvalue weighted by molar-refractivity contribution is 5.79. The van der Waals surface area contributed by atoms with Gasteiger partial charge in [0.1, 0.15) is 6.61 Å². The third-order valence-electron chi connectivity index (χ3n) is 3.45. The molecule has 0 saturated carbocycles. The van der Waals surface area contributed by atoms with Gasteiger partial charge < -0.3 is 14.7 Å². The largest absolute Gasteiger partial charge is 0.481 e. The molecule has 0 saturated heterocycles. The van der Waals surface area contributed by atoms with Crippen molar-refractivity contribution in [2.45, 2.75) is 40.5 Å². The van der Waals surface area contributed by atoms with Crippen LogP contribution in [-0.2, 0) is 14.3 Å². The Morgan fingerprint density at radius 3 is 2.11 bits per heavy atom. The van der Waals surface area contributed by atoms with Crippen LogP contribution in [0.5, 0.6) is 0 Å². The molecule has 0 bridgehead atoms. The lowest BCUT2D eigenvalue weighted by Gasteiger charge is -2.32. The summed E-state index contributed by atoms with van der Waals surface area (Å²) < 4.78 is 5.21. The van der Waals surface area contributed by atoms with Gasteiger partial charge in [-0.15, -0.1) is 0 Å². The van der Waals surface area contributed by atoms with Gasteiger partial charge in [0.25, 0.3) is 0 Å². The minimum atomic E-state index is -0.899. The van der Waals surface area contributed by atoms with Crippen molar-refractivity contribution < 1.29 is 19.4 Å². The van der Waals surface area contributed by atoms with Crippen molar-refractivity contribution in [1.82, 2.24) is 4.90 Å². The Morgan fingerprint density at radius 2 is 1.74 bits per heavy atom. The molecule has 0 spiro atoms. The second-order valence-electron chi connectivity index (χ2n) is 6.22. The van der Waals surface area contributed by atoms with Crippen LogP contribution in [0.25, 0.3) is 0 Å². The lowest BCUT2D eigenvalue weighted by atomic mass is 9.72. The molecule has 0 aromatic heterocycles. The Hall–Kier alpha value is -1.10. The molecule has 0 aliphatic carbocycles. The van der Waals surface area contributed by atoms with Crippen LogP contribution >= 0.6 is 0 Å². The first-order valence-electron chi connectivity index (χ1n) is 6.60. The fraction of sp³-hybridized carbons (Fsp3) is 0.857. The Balaban J connectivity index is 4.60. The molecule has 0 radical (unpaired) electrons. The number of hydrogen-bond acceptors (Lipinski definition) is 4. The Kier molecular flexibility index (Phi) is 6.49. The number of nitrogens with zero attached hydrogens (tertiary/aromatic N) is 1. The molecular formula is C14H27NO4. The van der Waals surface area contributed by atoms with Gasteiger partial charge >= 0.3 is 11.9 Å². The van der Waals surface area contributed by atoms with Gasteiger partial charge in [-0.25, -0.2) is 0 Å². The molecule has 0 rings (SSSR count). The van der Waals surface area contributed by atoms with Gasteiger partial charge in [-0.1, -0.05) is 6.92 Å². The maximum absolute atomic E-state index is 12.0. The van der Waals surface area contributed by atoms with Crippen LogP contribution in [0.15, 0.2) is 0 Å². The number of carbonyl (C=O) groups excluding carboxylic acids is 1. The molecule has 1 unspecified atom stereocenters. The highest BCUT2D eigenvalue weighted by atomic mass is 16.5. The molecule has 0 aromatic rings. The van der Waals surface area contributed by atoms with Gasteiger partial charge in [0.2, 0.25) is 0 Å². The van der Waals surface area contributed by atoms with E-state index in [1.165, 1.54) is 0 Å². The van der Waals surface area contributed by atoms with Crippen LogP contribution in [0.2, 0.25) is 0 Å². The average molecular weight is 273 g/mol. The molecule has 0 aliphatic heterocycles. The predicted molar refractivity (Wildman–Crippen MR) is 73.9 cm³/mol. The van der Waals surface area contributed by atoms with Crippen LogP contribution in [-0.4, -0.2) is 49.2 Å². The molecular weight excluding hydrogens is 246 g/mol. The maximum Gasteiger partial charge on any atom is 0.311 e. The van der Waals surface area contributed by atoms with Gasteiger partial charge in [-0.05, 0) is 47.7 Å². The summed E-state index contributed by atoms with van der Waals surface area (Å²) in [6.07, 6.45) is 0.753. The number of carboxylic acids is 1. The van der Waals surface area contributed by atoms with E-state index in [9.17, 15) is 14.7 Å². The van der Waals surface area contributed by atoms with Gasteiger partial charge in [-0.2, -0.15) is 0 Å². The van der Waals surface area contributed by atoms with Crippen LogP contribution < -0.4 is 0 Å². The average Bonchev–Trinajstić information content (AvgIpc) is 2.27. The maximum atomic E-state index is 12.0. The number of ether oxygens (including phenoxy) is 1. The Morgan fingerprint density at radius 1 is 1.21 bits per heavy atom. The Bertz CT molecular complexity index is 325. The van der Waals surface area contributed by atoms with E-state index in [0.717, 1.165) is 0 Å². The van der Waals surface area contributed by atoms with Gasteiger partial charge in [-0.3, -0.25) is 9.59 Å². The van der Waals surface area contributed by atoms with Crippen molar-refractivity contribution in [1.29, 1.82) is 0 Å². The third kappa shape index (κ3) is 5.59. The van der Waals surface area contributed by atoms with Crippen molar-refractivity contribution in [2.75, 3.05) is 27.2 Å². The summed E-state index contributed by atoms with van der Waals surface area (Å²) in [5.74, 6) is -1.21. The molecule has 112 valence electrons. The number of likely N-dealkylation sites (N-methyl/N-ethyl adjacent to an activating group) is 1. The molecule has 19 heavy (non-hydrogen) atoms. The Labute approximate surface area is 115 Å². The van der Waals surface area contributed by atoms with E-state index < -0.39 is 16.8 Å². The van der Waals surface area contributed by atoms with Gasteiger partial charge in [0, 0.05) is 6.54 Å². The SMILES string of the molecule is CCC(C)(CC(C)(C)C(=O)OCCN(C)C)C(=O)O. The second kappa shape index (κ2) is 6.89. The van der Waals surface area contributed by atoms with E-state index in [1.54, 1.807) is 20.8 Å². The number of esters is 1. The molecule has 0 aromatic carbocycles. The second-order valence-corrected chi connectivity index (χ2v) is 6.22. The van der Waals surface area contributed by atoms with Crippen molar-refractivity contribution in [2.24, 2.45) is 10.8 Å². The number of carboxylic acid groups (broad SMARTS) is 1. The number of rotatable bonds is 8. The first-order chi connectivity index (χ1) is 8.55. The van der Waals surface area contributed by atoms with Crippen molar-refractivity contribution in [3.05, 3.63) is 0 Å². The number of aliphatic carboxylic acids is 1. The lowest BCUT2D eigenvalue weighted by Crippen LogP contribution is -2.38. The minimum Gasteiger partial charge on any atom is -0.481 e. The molecule has 1 N–H and O–H groups in total. The summed E-state index contributed by atoms with van der Waals surface area (Å²) in [5, 5.41) is 9.27.